The topological polar surface area (TPSA) is 33.5 Å². The van der Waals surface area contributed by atoms with Gasteiger partial charge in [-0.25, -0.2) is 26.9 Å². The molecule has 0 spiro atoms. The van der Waals surface area contributed by atoms with Gasteiger partial charge in [0.1, 0.15) is 5.82 Å². The fourth-order valence-corrected chi connectivity index (χ4v) is 8.74. The minimum absolute atomic E-state index is 0. The molecule has 10 rings (SSSR count). The van der Waals surface area contributed by atoms with E-state index in [1.807, 2.05) is 129 Å². The van der Waals surface area contributed by atoms with Crippen LogP contribution in [0.2, 0.25) is 0 Å². The number of hydrogen-bond donors (Lipinski definition) is 0. The second-order valence-corrected chi connectivity index (χ2v) is 18.4. The molecule has 2 aromatic heterocycles. The molecule has 11 heteroatoms. The van der Waals surface area contributed by atoms with Crippen LogP contribution in [-0.2, 0) is 31.9 Å². The van der Waals surface area contributed by atoms with Crippen molar-refractivity contribution in [2.45, 2.75) is 52.4 Å². The molecule has 1 aliphatic rings. The second kappa shape index (κ2) is 17.1. The summed E-state index contributed by atoms with van der Waals surface area (Å²) >= 11 is 0. The molecule has 9 aromatic rings. The number of aromatic nitrogens is 2. The average molecular weight is 1080 g/mol. The molecule has 7 aromatic carbocycles. The quantitative estimate of drug-likeness (QED) is 0.0689. The summed E-state index contributed by atoms with van der Waals surface area (Å²) in [5.74, 6) is -8.53. The monoisotopic (exact) mass is 1080 g/mol. The summed E-state index contributed by atoms with van der Waals surface area (Å²) in [6.45, 7) is 14.0. The molecular weight excluding hydrogens is 1030 g/mol. The van der Waals surface area contributed by atoms with Crippen LogP contribution in [0.15, 0.2) is 140 Å². The minimum Gasteiger partial charge on any atom is -0.509 e. The van der Waals surface area contributed by atoms with E-state index in [-0.39, 0.29) is 37.7 Å². The van der Waals surface area contributed by atoms with Gasteiger partial charge in [0.15, 0.2) is 23.3 Å². The van der Waals surface area contributed by atoms with Crippen LogP contribution < -0.4 is 14.5 Å². The maximum Gasteiger partial charge on any atom is 0.200 e. The Morgan fingerprint density at radius 3 is 1.93 bits per heavy atom. The number of nitrogens with zero attached hydrogens (tertiary/aromatic N) is 4. The fraction of sp³-hybridized carbons (Fsp3) is 0.143. The number of fused-ring (bicyclic) bond motifs is 4. The zero-order valence-electron chi connectivity index (χ0n) is 37.3. The number of ether oxygens (including phenoxy) is 1. The first kappa shape index (κ1) is 45.4. The third-order valence-electron chi connectivity index (χ3n) is 12.0. The summed E-state index contributed by atoms with van der Waals surface area (Å²) in [4.78, 5) is 8.42. The number of para-hydroxylation sites is 4. The molecule has 3 heterocycles. The van der Waals surface area contributed by atoms with E-state index >= 15 is 8.78 Å². The van der Waals surface area contributed by atoms with E-state index in [2.05, 4.69) is 55.7 Å². The van der Waals surface area contributed by atoms with Gasteiger partial charge in [0.2, 0.25) is 5.82 Å². The number of anilines is 4. The van der Waals surface area contributed by atoms with Crippen LogP contribution in [0.25, 0.3) is 49.9 Å². The number of benzene rings is 7. The summed E-state index contributed by atoms with van der Waals surface area (Å²) in [5, 5.41) is 2.02. The zero-order valence-corrected chi connectivity index (χ0v) is 39.5. The summed E-state index contributed by atoms with van der Waals surface area (Å²) in [6.07, 6.45) is 1.83. The Labute approximate surface area is 400 Å². The largest absolute Gasteiger partial charge is 0.509 e. The van der Waals surface area contributed by atoms with E-state index < -0.39 is 40.1 Å². The van der Waals surface area contributed by atoms with Gasteiger partial charge in [-0.2, -0.15) is 6.07 Å². The van der Waals surface area contributed by atoms with Crippen LogP contribution in [-0.4, -0.2) is 9.55 Å². The minimum atomic E-state index is -2.22. The van der Waals surface area contributed by atoms with Crippen molar-refractivity contribution in [3.63, 3.8) is 0 Å². The predicted molar refractivity (Wildman–Crippen MR) is 252 cm³/mol. The van der Waals surface area contributed by atoms with Crippen LogP contribution in [0.4, 0.5) is 44.7 Å². The standard InChI is InChI=1S/C56H42F5N4O.Pt/c1-55(2,3)35-25-26-62-47(29-35)65-43-20-11-10-17-39(43)40-24-23-37(31-46(40)65)66-38-28-34(33-15-8-7-9-16-33)27-36(30-38)63-32-64(45-22-13-12-21-44(45)63)54-41(18-14-19-42(54)56(4,5)6)48-49(57)51(59)53(61)52(60)50(48)58;/h7-29,32H,1-6H3;/q-3;. The molecule has 0 atom stereocenters. The first-order valence-corrected chi connectivity index (χ1v) is 21.5. The molecule has 1 aliphatic heterocycles. The van der Waals surface area contributed by atoms with Gasteiger partial charge in [0.05, 0.1) is 5.56 Å². The van der Waals surface area contributed by atoms with Crippen LogP contribution in [0.1, 0.15) is 52.7 Å². The Bertz CT molecular complexity index is 3350. The molecule has 0 bridgehead atoms. The number of hydrogen-bond acceptors (Lipinski definition) is 4. The maximum atomic E-state index is 15.8. The Hall–Kier alpha value is -6.77. The molecular formula is C56H42F5N4OPt-3. The van der Waals surface area contributed by atoms with Crippen molar-refractivity contribution in [3.8, 4) is 39.6 Å². The average Bonchev–Trinajstić information content (AvgIpc) is 3.86. The van der Waals surface area contributed by atoms with Crippen LogP contribution in [0.3, 0.4) is 0 Å². The van der Waals surface area contributed by atoms with Crippen molar-refractivity contribution in [1.82, 2.24) is 9.55 Å². The molecule has 340 valence electrons. The smallest absolute Gasteiger partial charge is 0.200 e. The number of halogens is 5. The van der Waals surface area contributed by atoms with Crippen LogP contribution >= 0.6 is 0 Å². The van der Waals surface area contributed by atoms with E-state index in [9.17, 15) is 13.2 Å². The van der Waals surface area contributed by atoms with Crippen molar-refractivity contribution >= 4 is 44.6 Å². The van der Waals surface area contributed by atoms with E-state index in [0.717, 1.165) is 44.3 Å². The van der Waals surface area contributed by atoms with Gasteiger partial charge < -0.3 is 19.1 Å². The summed E-state index contributed by atoms with van der Waals surface area (Å²) in [7, 11) is 0. The summed E-state index contributed by atoms with van der Waals surface area (Å²) in [5.41, 5.74) is 5.32. The molecule has 0 fully saturated rings. The molecule has 67 heavy (non-hydrogen) atoms. The molecule has 0 aliphatic carbocycles. The van der Waals surface area contributed by atoms with E-state index in [1.54, 1.807) is 23.7 Å². The van der Waals surface area contributed by atoms with Crippen LogP contribution in [0, 0.1) is 47.9 Å². The third kappa shape index (κ3) is 7.95. The molecule has 0 amide bonds. The van der Waals surface area contributed by atoms with Crippen LogP contribution in [0.5, 0.6) is 11.5 Å². The van der Waals surface area contributed by atoms with Crippen molar-refractivity contribution in [3.05, 3.63) is 199 Å². The van der Waals surface area contributed by atoms with Gasteiger partial charge >= 0.3 is 0 Å². The molecule has 0 N–H and O–H groups in total. The summed E-state index contributed by atoms with van der Waals surface area (Å²) < 4.78 is 84.6. The molecule has 0 saturated heterocycles. The van der Waals surface area contributed by atoms with Gasteiger partial charge in [0, 0.05) is 66.9 Å². The van der Waals surface area contributed by atoms with E-state index in [0.29, 0.717) is 34.1 Å². The first-order valence-electron chi connectivity index (χ1n) is 21.5. The van der Waals surface area contributed by atoms with Gasteiger partial charge in [-0.3, -0.25) is 0 Å². The normalized spacial score (nSPS) is 12.8. The third-order valence-corrected chi connectivity index (χ3v) is 12.0. The Balaban J connectivity index is 0.00000562. The Morgan fingerprint density at radius 2 is 1.22 bits per heavy atom. The first-order chi connectivity index (χ1) is 31.6. The SMILES string of the molecule is CC(C)(C)c1ccnc(-n2c3[c-]c(Oc4[c-]c(N5[CH-]N(c6c(-c7c(F)c(F)c(F)c(F)c7F)cccc6C(C)(C)C)c6ccccc65)cc(-c5ccccc5)c4)ccc3c3ccccc32)c1.[Pt]. The Morgan fingerprint density at radius 1 is 0.567 bits per heavy atom. The van der Waals surface area contributed by atoms with Crippen molar-refractivity contribution in [2.75, 3.05) is 9.80 Å². The van der Waals surface area contributed by atoms with Crippen molar-refractivity contribution in [2.24, 2.45) is 0 Å². The summed E-state index contributed by atoms with van der Waals surface area (Å²) in [6, 6.07) is 49.0. The molecule has 5 nitrogen and oxygen atoms in total. The van der Waals surface area contributed by atoms with E-state index in [1.165, 1.54) is 6.07 Å². The van der Waals surface area contributed by atoms with Gasteiger partial charge in [0.25, 0.3) is 0 Å². The predicted octanol–water partition coefficient (Wildman–Crippen LogP) is 15.6. The number of rotatable bonds is 7. The molecule has 0 radical (unpaired) electrons. The van der Waals surface area contributed by atoms with Gasteiger partial charge in [-0.05, 0) is 63.2 Å². The maximum absolute atomic E-state index is 15.8. The fourth-order valence-electron chi connectivity index (χ4n) is 8.74. The molecule has 0 saturated carbocycles. The zero-order chi connectivity index (χ0) is 46.2. The molecule has 0 unspecified atom stereocenters. The number of pyridine rings is 1. The second-order valence-electron chi connectivity index (χ2n) is 18.4. The van der Waals surface area contributed by atoms with Gasteiger partial charge in [-0.1, -0.05) is 126 Å². The van der Waals surface area contributed by atoms with E-state index in [4.69, 9.17) is 9.72 Å². The Kier molecular flexibility index (Phi) is 11.6. The van der Waals surface area contributed by atoms with Crippen molar-refractivity contribution < 1.29 is 47.8 Å². The van der Waals surface area contributed by atoms with Crippen molar-refractivity contribution in [1.29, 1.82) is 0 Å². The van der Waals surface area contributed by atoms with Gasteiger partial charge in [-0.15, -0.1) is 53.6 Å².